The Bertz CT molecular complexity index is 1360. The predicted octanol–water partition coefficient (Wildman–Crippen LogP) is 5.62. The van der Waals surface area contributed by atoms with Crippen molar-refractivity contribution in [2.45, 2.75) is 6.92 Å². The molecule has 3 aromatic heterocycles. The fourth-order valence-corrected chi connectivity index (χ4v) is 4.01. The maximum atomic E-state index is 13.2. The third-order valence-electron chi connectivity index (χ3n) is 4.97. The fraction of sp³-hybridized carbons (Fsp3) is 0.0400. The molecule has 32 heavy (non-hydrogen) atoms. The van der Waals surface area contributed by atoms with E-state index in [1.165, 1.54) is 0 Å². The molecule has 0 aliphatic carbocycles. The maximum Gasteiger partial charge on any atom is 0.259 e. The predicted molar refractivity (Wildman–Crippen MR) is 127 cm³/mol. The van der Waals surface area contributed by atoms with Crippen LogP contribution >= 0.6 is 11.3 Å². The highest BCUT2D eigenvalue weighted by Gasteiger charge is 2.19. The van der Waals surface area contributed by atoms with E-state index in [1.807, 2.05) is 79.0 Å². The number of amides is 1. The van der Waals surface area contributed by atoms with Gasteiger partial charge in [-0.25, -0.2) is 9.67 Å². The summed E-state index contributed by atoms with van der Waals surface area (Å²) in [7, 11) is 0. The average molecular weight is 438 g/mol. The van der Waals surface area contributed by atoms with E-state index in [2.05, 4.69) is 20.4 Å². The van der Waals surface area contributed by atoms with Crippen LogP contribution in [0.1, 0.15) is 15.4 Å². The first-order valence-electron chi connectivity index (χ1n) is 10.1. The van der Waals surface area contributed by atoms with Crippen LogP contribution in [0, 0.1) is 6.92 Å². The summed E-state index contributed by atoms with van der Waals surface area (Å²) in [6, 6.07) is 21.1. The summed E-state index contributed by atoms with van der Waals surface area (Å²) >= 11 is 1.62. The molecule has 0 radical (unpaired) electrons. The molecule has 1 amide bonds. The van der Waals surface area contributed by atoms with Crippen molar-refractivity contribution in [3.63, 3.8) is 0 Å². The Morgan fingerprint density at radius 3 is 2.47 bits per heavy atom. The van der Waals surface area contributed by atoms with Crippen molar-refractivity contribution in [3.05, 3.63) is 101 Å². The molecule has 6 nitrogen and oxygen atoms in total. The Morgan fingerprint density at radius 2 is 1.78 bits per heavy atom. The second-order valence-corrected chi connectivity index (χ2v) is 8.26. The number of nitrogens with one attached hydrogen (secondary N) is 1. The molecule has 7 heteroatoms. The summed E-state index contributed by atoms with van der Waals surface area (Å²) in [5, 5.41) is 10.7. The van der Waals surface area contributed by atoms with Gasteiger partial charge >= 0.3 is 0 Å². The van der Waals surface area contributed by atoms with Crippen molar-refractivity contribution in [1.82, 2.24) is 19.7 Å². The summed E-state index contributed by atoms with van der Waals surface area (Å²) in [5.74, 6) is -0.233. The SMILES string of the molecule is Cc1nc(-c2ccc(NC(=O)c3cn(-c4ccccc4)nc3-c3cccnc3)cc2)cs1. The molecule has 5 aromatic rings. The number of aromatic nitrogens is 4. The number of thiazole rings is 1. The van der Waals surface area contributed by atoms with Gasteiger partial charge in [0.15, 0.2) is 0 Å². The van der Waals surface area contributed by atoms with Crippen molar-refractivity contribution >= 4 is 22.9 Å². The van der Waals surface area contributed by atoms with Gasteiger partial charge in [0.05, 0.1) is 22.0 Å². The zero-order chi connectivity index (χ0) is 21.9. The molecule has 0 bridgehead atoms. The van der Waals surface area contributed by atoms with E-state index in [1.54, 1.807) is 34.6 Å². The fourth-order valence-electron chi connectivity index (χ4n) is 3.39. The van der Waals surface area contributed by atoms with Gasteiger partial charge in [0.25, 0.3) is 5.91 Å². The van der Waals surface area contributed by atoms with Gasteiger partial charge < -0.3 is 5.32 Å². The Labute approximate surface area is 189 Å². The molecule has 0 aliphatic heterocycles. The molecule has 2 aromatic carbocycles. The van der Waals surface area contributed by atoms with Crippen molar-refractivity contribution < 1.29 is 4.79 Å². The van der Waals surface area contributed by atoms with Gasteiger partial charge in [0, 0.05) is 40.8 Å². The van der Waals surface area contributed by atoms with Crippen molar-refractivity contribution in [2.75, 3.05) is 5.32 Å². The second kappa shape index (κ2) is 8.56. The van der Waals surface area contributed by atoms with E-state index >= 15 is 0 Å². The van der Waals surface area contributed by atoms with Gasteiger partial charge in [-0.2, -0.15) is 5.10 Å². The van der Waals surface area contributed by atoms with Gasteiger partial charge in [-0.3, -0.25) is 9.78 Å². The summed E-state index contributed by atoms with van der Waals surface area (Å²) in [4.78, 5) is 21.9. The van der Waals surface area contributed by atoms with Gasteiger partial charge in [-0.1, -0.05) is 30.3 Å². The number of rotatable bonds is 5. The Morgan fingerprint density at radius 1 is 0.969 bits per heavy atom. The third-order valence-corrected chi connectivity index (χ3v) is 5.75. The number of para-hydroxylation sites is 1. The number of nitrogens with zero attached hydrogens (tertiary/aromatic N) is 4. The van der Waals surface area contributed by atoms with E-state index < -0.39 is 0 Å². The molecule has 5 rings (SSSR count). The monoisotopic (exact) mass is 437 g/mol. The largest absolute Gasteiger partial charge is 0.322 e. The highest BCUT2D eigenvalue weighted by atomic mass is 32.1. The van der Waals surface area contributed by atoms with Crippen LogP contribution in [0.3, 0.4) is 0 Å². The van der Waals surface area contributed by atoms with Crippen molar-refractivity contribution in [3.8, 4) is 28.2 Å². The molecule has 3 heterocycles. The van der Waals surface area contributed by atoms with Crippen LogP contribution in [0.2, 0.25) is 0 Å². The summed E-state index contributed by atoms with van der Waals surface area (Å²) < 4.78 is 1.71. The minimum Gasteiger partial charge on any atom is -0.322 e. The number of carbonyl (C=O) groups is 1. The molecular weight excluding hydrogens is 418 g/mol. The van der Waals surface area contributed by atoms with Crippen LogP contribution in [-0.2, 0) is 0 Å². The first-order chi connectivity index (χ1) is 15.7. The van der Waals surface area contributed by atoms with Gasteiger partial charge in [-0.15, -0.1) is 11.3 Å². The molecule has 0 spiro atoms. The minimum absolute atomic E-state index is 0.233. The lowest BCUT2D eigenvalue weighted by Crippen LogP contribution is -2.12. The molecule has 0 aliphatic rings. The van der Waals surface area contributed by atoms with Gasteiger partial charge in [-0.05, 0) is 43.3 Å². The number of benzene rings is 2. The Hall–Kier alpha value is -4.10. The summed E-state index contributed by atoms with van der Waals surface area (Å²) in [5.41, 5.74) is 5.36. The highest BCUT2D eigenvalue weighted by molar-refractivity contribution is 7.09. The zero-order valence-corrected chi connectivity index (χ0v) is 18.1. The topological polar surface area (TPSA) is 72.7 Å². The lowest BCUT2D eigenvalue weighted by molar-refractivity contribution is 0.102. The number of carbonyl (C=O) groups excluding carboxylic acids is 1. The smallest absolute Gasteiger partial charge is 0.259 e. The molecule has 156 valence electrons. The summed E-state index contributed by atoms with van der Waals surface area (Å²) in [6.45, 7) is 1.98. The van der Waals surface area contributed by atoms with E-state index in [0.29, 0.717) is 16.9 Å². The third kappa shape index (κ3) is 4.06. The molecule has 0 saturated carbocycles. The molecule has 0 unspecified atom stereocenters. The van der Waals surface area contributed by atoms with E-state index in [0.717, 1.165) is 27.5 Å². The van der Waals surface area contributed by atoms with Gasteiger partial charge in [0.2, 0.25) is 0 Å². The van der Waals surface area contributed by atoms with Crippen LogP contribution in [-0.4, -0.2) is 25.7 Å². The van der Waals surface area contributed by atoms with Crippen molar-refractivity contribution in [2.24, 2.45) is 0 Å². The first-order valence-corrected chi connectivity index (χ1v) is 10.9. The van der Waals surface area contributed by atoms with Crippen LogP contribution < -0.4 is 5.32 Å². The first kappa shape index (κ1) is 19.8. The number of anilines is 1. The number of hydrogen-bond donors (Lipinski definition) is 1. The Balaban J connectivity index is 1.45. The van der Waals surface area contributed by atoms with E-state index in [9.17, 15) is 4.79 Å². The van der Waals surface area contributed by atoms with Crippen molar-refractivity contribution in [1.29, 1.82) is 0 Å². The lowest BCUT2D eigenvalue weighted by Gasteiger charge is -2.06. The average Bonchev–Trinajstić information content (AvgIpc) is 3.48. The Kier molecular flexibility index (Phi) is 5.31. The molecular formula is C25H19N5OS. The van der Waals surface area contributed by atoms with Crippen LogP contribution in [0.5, 0.6) is 0 Å². The van der Waals surface area contributed by atoms with Crippen LogP contribution in [0.25, 0.3) is 28.2 Å². The maximum absolute atomic E-state index is 13.2. The minimum atomic E-state index is -0.233. The number of pyridine rings is 1. The van der Waals surface area contributed by atoms with Crippen LogP contribution in [0.15, 0.2) is 90.7 Å². The molecule has 0 fully saturated rings. The quantitative estimate of drug-likeness (QED) is 0.387. The summed E-state index contributed by atoms with van der Waals surface area (Å²) in [6.07, 6.45) is 5.15. The second-order valence-electron chi connectivity index (χ2n) is 7.20. The molecule has 0 atom stereocenters. The molecule has 1 N–H and O–H groups in total. The van der Waals surface area contributed by atoms with E-state index in [-0.39, 0.29) is 5.91 Å². The highest BCUT2D eigenvalue weighted by Crippen LogP contribution is 2.26. The standard InChI is InChI=1S/C25H19N5OS/c1-17-27-23(16-32-17)18-9-11-20(12-10-18)28-25(31)22-15-30(21-7-3-2-4-8-21)29-24(22)19-6-5-13-26-14-19/h2-16H,1H3,(H,28,31). The van der Waals surface area contributed by atoms with Crippen LogP contribution in [0.4, 0.5) is 5.69 Å². The lowest BCUT2D eigenvalue weighted by atomic mass is 10.1. The van der Waals surface area contributed by atoms with E-state index in [4.69, 9.17) is 0 Å². The normalized spacial score (nSPS) is 10.8. The molecule has 0 saturated heterocycles. The number of aryl methyl sites for hydroxylation is 1. The van der Waals surface area contributed by atoms with Gasteiger partial charge in [0.1, 0.15) is 5.69 Å². The number of hydrogen-bond acceptors (Lipinski definition) is 5. The zero-order valence-electron chi connectivity index (χ0n) is 17.3.